The SMILES string of the molecule is COC(=O)Nc1ccc(C(=O)N2CCC3(CCNCC3)CC2)cc1.Cl. The molecule has 25 heavy (non-hydrogen) atoms. The van der Waals surface area contributed by atoms with Crippen LogP contribution in [-0.2, 0) is 4.74 Å². The third kappa shape index (κ3) is 4.64. The van der Waals surface area contributed by atoms with Crippen LogP contribution in [-0.4, -0.2) is 50.2 Å². The van der Waals surface area contributed by atoms with E-state index in [4.69, 9.17) is 0 Å². The lowest BCUT2D eigenvalue weighted by Gasteiger charge is -2.44. The Bertz CT molecular complexity index is 590. The average molecular weight is 368 g/mol. The van der Waals surface area contributed by atoms with E-state index in [1.54, 1.807) is 24.3 Å². The van der Waals surface area contributed by atoms with E-state index in [0.29, 0.717) is 16.7 Å². The molecule has 1 aromatic rings. The summed E-state index contributed by atoms with van der Waals surface area (Å²) in [6, 6.07) is 6.95. The number of ether oxygens (including phenoxy) is 1. The zero-order chi connectivity index (χ0) is 17.0. The first-order chi connectivity index (χ1) is 11.6. The quantitative estimate of drug-likeness (QED) is 0.843. The van der Waals surface area contributed by atoms with Crippen LogP contribution in [0.2, 0.25) is 0 Å². The predicted octanol–water partition coefficient (Wildman–Crippen LogP) is 2.89. The van der Waals surface area contributed by atoms with Gasteiger partial charge in [0.1, 0.15) is 0 Å². The summed E-state index contributed by atoms with van der Waals surface area (Å²) in [7, 11) is 1.32. The highest BCUT2D eigenvalue weighted by atomic mass is 35.5. The third-order valence-corrected chi connectivity index (χ3v) is 5.34. The van der Waals surface area contributed by atoms with Gasteiger partial charge in [0, 0.05) is 24.3 Å². The van der Waals surface area contributed by atoms with Crippen LogP contribution >= 0.6 is 12.4 Å². The molecule has 6 nitrogen and oxygen atoms in total. The Balaban J connectivity index is 0.00000225. The summed E-state index contributed by atoms with van der Waals surface area (Å²) in [5, 5.41) is 6.00. The maximum Gasteiger partial charge on any atom is 0.411 e. The minimum Gasteiger partial charge on any atom is -0.453 e. The van der Waals surface area contributed by atoms with Crippen molar-refractivity contribution in [2.24, 2.45) is 5.41 Å². The van der Waals surface area contributed by atoms with E-state index in [1.807, 2.05) is 4.90 Å². The Kier molecular flexibility index (Phi) is 6.67. The van der Waals surface area contributed by atoms with E-state index in [9.17, 15) is 9.59 Å². The normalized spacial score (nSPS) is 19.0. The number of hydrogen-bond donors (Lipinski definition) is 2. The smallest absolute Gasteiger partial charge is 0.411 e. The number of nitrogens with zero attached hydrogens (tertiary/aromatic N) is 1. The molecule has 2 N–H and O–H groups in total. The van der Waals surface area contributed by atoms with Gasteiger partial charge in [-0.3, -0.25) is 10.1 Å². The molecule has 3 rings (SSSR count). The van der Waals surface area contributed by atoms with Gasteiger partial charge < -0.3 is 15.0 Å². The topological polar surface area (TPSA) is 70.7 Å². The Morgan fingerprint density at radius 2 is 1.68 bits per heavy atom. The number of methoxy groups -OCH3 is 1. The monoisotopic (exact) mass is 367 g/mol. The van der Waals surface area contributed by atoms with E-state index < -0.39 is 6.09 Å². The molecular weight excluding hydrogens is 342 g/mol. The van der Waals surface area contributed by atoms with Crippen LogP contribution < -0.4 is 10.6 Å². The fourth-order valence-electron chi connectivity index (χ4n) is 3.69. The molecule has 0 aliphatic carbocycles. The standard InChI is InChI=1S/C18H25N3O3.ClH/c1-24-17(23)20-15-4-2-14(3-5-15)16(22)21-12-8-18(9-13-21)6-10-19-11-7-18;/h2-5,19H,6-13H2,1H3,(H,20,23);1H. The second-order valence-corrected chi connectivity index (χ2v) is 6.74. The van der Waals surface area contributed by atoms with Gasteiger partial charge in [-0.25, -0.2) is 4.79 Å². The number of hydrogen-bond acceptors (Lipinski definition) is 4. The molecule has 138 valence electrons. The van der Waals surface area contributed by atoms with Gasteiger partial charge in [-0.05, 0) is 68.5 Å². The molecule has 0 radical (unpaired) electrons. The summed E-state index contributed by atoms with van der Waals surface area (Å²) in [6.45, 7) is 3.87. The van der Waals surface area contributed by atoms with Gasteiger partial charge >= 0.3 is 6.09 Å². The van der Waals surface area contributed by atoms with Gasteiger partial charge in [-0.1, -0.05) is 0 Å². The van der Waals surface area contributed by atoms with Crippen molar-refractivity contribution in [3.05, 3.63) is 29.8 Å². The first kappa shape index (κ1) is 19.5. The predicted molar refractivity (Wildman–Crippen MR) is 99.4 cm³/mol. The van der Waals surface area contributed by atoms with Crippen LogP contribution in [0.1, 0.15) is 36.0 Å². The Morgan fingerprint density at radius 1 is 1.08 bits per heavy atom. The number of likely N-dealkylation sites (tertiary alicyclic amines) is 1. The average Bonchev–Trinajstić information content (AvgIpc) is 2.63. The summed E-state index contributed by atoms with van der Waals surface area (Å²) < 4.78 is 4.55. The Labute approximate surface area is 154 Å². The molecule has 2 heterocycles. The van der Waals surface area contributed by atoms with Crippen molar-refractivity contribution in [1.29, 1.82) is 0 Å². The molecule has 2 saturated heterocycles. The fourth-order valence-corrected chi connectivity index (χ4v) is 3.69. The molecule has 0 unspecified atom stereocenters. The van der Waals surface area contributed by atoms with Gasteiger partial charge in [0.15, 0.2) is 0 Å². The fraction of sp³-hybridized carbons (Fsp3) is 0.556. The third-order valence-electron chi connectivity index (χ3n) is 5.34. The van der Waals surface area contributed by atoms with Gasteiger partial charge in [0.25, 0.3) is 5.91 Å². The maximum atomic E-state index is 12.7. The van der Waals surface area contributed by atoms with E-state index in [1.165, 1.54) is 20.0 Å². The van der Waals surface area contributed by atoms with Crippen LogP contribution in [0.15, 0.2) is 24.3 Å². The molecule has 7 heteroatoms. The Hall–Kier alpha value is -1.79. The summed E-state index contributed by atoms with van der Waals surface area (Å²) in [6.07, 6.45) is 4.13. The van der Waals surface area contributed by atoms with E-state index in [2.05, 4.69) is 15.4 Å². The number of rotatable bonds is 2. The van der Waals surface area contributed by atoms with E-state index in [0.717, 1.165) is 39.0 Å². The van der Waals surface area contributed by atoms with Crippen molar-refractivity contribution in [2.75, 3.05) is 38.6 Å². The highest BCUT2D eigenvalue weighted by molar-refractivity contribution is 5.95. The second kappa shape index (κ2) is 8.54. The van der Waals surface area contributed by atoms with Crippen molar-refractivity contribution in [3.63, 3.8) is 0 Å². The van der Waals surface area contributed by atoms with Crippen LogP contribution in [0.5, 0.6) is 0 Å². The zero-order valence-corrected chi connectivity index (χ0v) is 15.4. The Morgan fingerprint density at radius 3 is 2.24 bits per heavy atom. The van der Waals surface area contributed by atoms with Crippen molar-refractivity contribution in [1.82, 2.24) is 10.2 Å². The number of halogens is 1. The largest absolute Gasteiger partial charge is 0.453 e. The first-order valence-electron chi connectivity index (χ1n) is 8.57. The minimum absolute atomic E-state index is 0. The molecule has 2 fully saturated rings. The van der Waals surface area contributed by atoms with Crippen molar-refractivity contribution in [2.45, 2.75) is 25.7 Å². The zero-order valence-electron chi connectivity index (χ0n) is 14.5. The van der Waals surface area contributed by atoms with Crippen LogP contribution in [0.4, 0.5) is 10.5 Å². The summed E-state index contributed by atoms with van der Waals surface area (Å²) in [4.78, 5) is 25.8. The lowest BCUT2D eigenvalue weighted by Crippen LogP contribution is -2.47. The van der Waals surface area contributed by atoms with Gasteiger partial charge in [0.2, 0.25) is 0 Å². The van der Waals surface area contributed by atoms with Gasteiger partial charge in [-0.15, -0.1) is 12.4 Å². The maximum absolute atomic E-state index is 12.7. The summed E-state index contributed by atoms with van der Waals surface area (Å²) in [5.74, 6) is 0.0726. The van der Waals surface area contributed by atoms with Crippen molar-refractivity contribution in [3.8, 4) is 0 Å². The van der Waals surface area contributed by atoms with Crippen molar-refractivity contribution >= 4 is 30.1 Å². The second-order valence-electron chi connectivity index (χ2n) is 6.74. The summed E-state index contributed by atoms with van der Waals surface area (Å²) in [5.41, 5.74) is 1.72. The molecular formula is C18H26ClN3O3. The van der Waals surface area contributed by atoms with Crippen LogP contribution in [0, 0.1) is 5.41 Å². The number of amides is 2. The number of benzene rings is 1. The number of nitrogens with one attached hydrogen (secondary N) is 2. The molecule has 2 aliphatic heterocycles. The molecule has 1 spiro atoms. The summed E-state index contributed by atoms with van der Waals surface area (Å²) >= 11 is 0. The highest BCUT2D eigenvalue weighted by Gasteiger charge is 2.36. The number of carbonyl (C=O) groups excluding carboxylic acids is 2. The molecule has 1 aromatic carbocycles. The number of carbonyl (C=O) groups is 2. The molecule has 0 saturated carbocycles. The van der Waals surface area contributed by atoms with Gasteiger partial charge in [-0.2, -0.15) is 0 Å². The minimum atomic E-state index is -0.516. The van der Waals surface area contributed by atoms with Crippen LogP contribution in [0.25, 0.3) is 0 Å². The molecule has 0 bridgehead atoms. The van der Waals surface area contributed by atoms with Gasteiger partial charge in [0.05, 0.1) is 7.11 Å². The highest BCUT2D eigenvalue weighted by Crippen LogP contribution is 2.39. The molecule has 2 amide bonds. The lowest BCUT2D eigenvalue weighted by molar-refractivity contribution is 0.0495. The molecule has 2 aliphatic rings. The first-order valence-corrected chi connectivity index (χ1v) is 8.57. The van der Waals surface area contributed by atoms with E-state index in [-0.39, 0.29) is 18.3 Å². The molecule has 0 atom stereocenters. The van der Waals surface area contributed by atoms with Crippen molar-refractivity contribution < 1.29 is 14.3 Å². The molecule has 0 aromatic heterocycles. The van der Waals surface area contributed by atoms with Crippen LogP contribution in [0.3, 0.4) is 0 Å². The number of piperidine rings is 2. The van der Waals surface area contributed by atoms with E-state index >= 15 is 0 Å². The number of anilines is 1. The lowest BCUT2D eigenvalue weighted by atomic mass is 9.71.